The zero-order valence-electron chi connectivity index (χ0n) is 32.7. The number of carbonyl (C=O) groups is 5. The van der Waals surface area contributed by atoms with Gasteiger partial charge in [-0.15, -0.1) is 0 Å². The number of benzene rings is 2. The summed E-state index contributed by atoms with van der Waals surface area (Å²) >= 11 is 0. The third kappa shape index (κ3) is 10.9. The van der Waals surface area contributed by atoms with E-state index >= 15 is 0 Å². The molecule has 2 aromatic carbocycles. The Labute approximate surface area is 358 Å². The van der Waals surface area contributed by atoms with E-state index in [0.717, 1.165) is 47.8 Å². The first-order chi connectivity index (χ1) is 27.4. The van der Waals surface area contributed by atoms with E-state index in [0.29, 0.717) is 53.9 Å². The number of hydrogen-bond acceptors (Lipinski definition) is 13. The molecule has 4 aliphatic rings. The SMILES string of the molecule is CC(=O)O.N.Nc1nc(-c2ncc(C3CC3)[nH]2)nc2c1CC(=O)C2Cc1ccccc1.Nc1nc(C(=O)CCC(=O)C2CC2)nc2c1CC(=O)C2Cc1ccccc1.[I-]. The Bertz CT molecular complexity index is 2340. The number of hydrogen-bond donors (Lipinski definition) is 5. The molecule has 3 heterocycles. The summed E-state index contributed by atoms with van der Waals surface area (Å²) in [7, 11) is 0. The summed E-state index contributed by atoms with van der Waals surface area (Å²) in [6, 6.07) is 19.7. The van der Waals surface area contributed by atoms with Crippen molar-refractivity contribution >= 4 is 40.7 Å². The highest BCUT2D eigenvalue weighted by Crippen LogP contribution is 2.40. The van der Waals surface area contributed by atoms with E-state index in [1.807, 2.05) is 66.9 Å². The largest absolute Gasteiger partial charge is 1.00 e. The van der Waals surface area contributed by atoms with Crippen LogP contribution in [0, 0.1) is 5.92 Å². The van der Waals surface area contributed by atoms with Gasteiger partial charge in [-0.3, -0.25) is 24.0 Å². The maximum atomic E-state index is 12.6. The summed E-state index contributed by atoms with van der Waals surface area (Å²) in [5.74, 6) is 0.935. The number of carbonyl (C=O) groups excluding carboxylic acids is 4. The molecule has 2 saturated carbocycles. The summed E-state index contributed by atoms with van der Waals surface area (Å²) in [5.41, 5.74) is 18.2. The first-order valence-corrected chi connectivity index (χ1v) is 19.2. The van der Waals surface area contributed by atoms with Crippen molar-refractivity contribution in [2.45, 2.75) is 88.9 Å². The quantitative estimate of drug-likeness (QED) is 0.0942. The van der Waals surface area contributed by atoms with Gasteiger partial charge in [0.05, 0.1) is 23.2 Å². The van der Waals surface area contributed by atoms with Crippen LogP contribution in [0.2, 0.25) is 0 Å². The molecule has 15 nitrogen and oxygen atoms in total. The number of Topliss-reactive ketones (excluding diaryl/α,β-unsaturated/α-hetero) is 4. The second-order valence-electron chi connectivity index (χ2n) is 15.0. The number of nitrogen functional groups attached to an aromatic ring is 2. The van der Waals surface area contributed by atoms with Crippen molar-refractivity contribution in [1.82, 2.24) is 36.1 Å². The maximum absolute atomic E-state index is 12.6. The number of aromatic amines is 1. The fourth-order valence-electron chi connectivity index (χ4n) is 7.24. The lowest BCUT2D eigenvalue weighted by Crippen LogP contribution is -3.00. The van der Waals surface area contributed by atoms with Crippen molar-refractivity contribution in [3.05, 3.63) is 112 Å². The standard InChI is InChI=1S/C21H21N3O3.C20H19N5O.C2H4O2.HI.H3N/c22-20-15-11-18(27)14(10-12-4-2-1-3-5-12)19(15)23-21(24-20)17(26)9-8-16(25)13-6-7-13;21-18-14-9-16(26)13(8-11-4-2-1-3-5-11)17(14)24-20(25-18)19-22-10-15(23-19)12-6-7-12;1-2(3)4;;/h1-5,13-14H,6-11H2,(H2,22,23,24);1-5,10,12-13H,6-9H2,(H,22,23)(H2,21,24,25);1H3,(H,3,4);1H;1H3/p-1. The maximum Gasteiger partial charge on any atom is 0.300 e. The van der Waals surface area contributed by atoms with Crippen molar-refractivity contribution in [2.75, 3.05) is 11.5 Å². The Morgan fingerprint density at radius 1 is 0.746 bits per heavy atom. The molecule has 9 rings (SSSR count). The van der Waals surface area contributed by atoms with Crippen LogP contribution in [0.3, 0.4) is 0 Å². The molecule has 9 N–H and O–H groups in total. The van der Waals surface area contributed by atoms with Crippen LogP contribution >= 0.6 is 0 Å². The zero-order valence-corrected chi connectivity index (χ0v) is 34.9. The molecule has 0 spiro atoms. The summed E-state index contributed by atoms with van der Waals surface area (Å²) in [6.07, 6.45) is 8.08. The van der Waals surface area contributed by atoms with E-state index in [-0.39, 0.29) is 96.0 Å². The highest BCUT2D eigenvalue weighted by Gasteiger charge is 2.37. The number of nitrogens with zero attached hydrogens (tertiary/aromatic N) is 5. The number of aromatic nitrogens is 6. The summed E-state index contributed by atoms with van der Waals surface area (Å²) < 4.78 is 0. The van der Waals surface area contributed by atoms with Gasteiger partial charge in [-0.25, -0.2) is 24.9 Å². The van der Waals surface area contributed by atoms with Gasteiger partial charge in [-0.2, -0.15) is 0 Å². The number of rotatable bonds is 11. The second kappa shape index (κ2) is 19.3. The fourth-order valence-corrected chi connectivity index (χ4v) is 7.24. The third-order valence-electron chi connectivity index (χ3n) is 10.6. The van der Waals surface area contributed by atoms with Crippen molar-refractivity contribution in [3.63, 3.8) is 0 Å². The van der Waals surface area contributed by atoms with Crippen molar-refractivity contribution in [2.24, 2.45) is 5.92 Å². The number of anilines is 2. The molecule has 2 fully saturated rings. The second-order valence-corrected chi connectivity index (χ2v) is 15.0. The van der Waals surface area contributed by atoms with E-state index in [9.17, 15) is 19.2 Å². The van der Waals surface area contributed by atoms with Crippen LogP contribution in [0.5, 0.6) is 0 Å². The monoisotopic (exact) mass is 912 g/mol. The molecule has 5 aromatic rings. The van der Waals surface area contributed by atoms with Gasteiger partial charge in [0.1, 0.15) is 29.0 Å². The van der Waals surface area contributed by atoms with E-state index in [1.54, 1.807) is 0 Å². The number of H-pyrrole nitrogens is 1. The summed E-state index contributed by atoms with van der Waals surface area (Å²) in [4.78, 5) is 83.8. The van der Waals surface area contributed by atoms with Crippen LogP contribution in [0.15, 0.2) is 66.9 Å². The first kappa shape index (κ1) is 44.4. The molecule has 0 radical (unpaired) electrons. The van der Waals surface area contributed by atoms with Crippen LogP contribution in [-0.4, -0.2) is 64.1 Å². The van der Waals surface area contributed by atoms with Gasteiger partial charge in [0.25, 0.3) is 5.97 Å². The molecule has 0 saturated heterocycles. The number of ketones is 4. The van der Waals surface area contributed by atoms with Crippen molar-refractivity contribution in [1.29, 1.82) is 0 Å². The zero-order chi connectivity index (χ0) is 40.2. The highest BCUT2D eigenvalue weighted by molar-refractivity contribution is 5.98. The first-order valence-electron chi connectivity index (χ1n) is 19.2. The van der Waals surface area contributed by atoms with Crippen LogP contribution < -0.4 is 41.6 Å². The molecule has 2 atom stereocenters. The number of aliphatic carboxylic acids is 1. The molecule has 4 aliphatic carbocycles. The van der Waals surface area contributed by atoms with Crippen LogP contribution in [-0.2, 0) is 44.9 Å². The number of imidazole rings is 1. The number of carboxylic acids is 1. The number of nitrogens with two attached hydrogens (primary N) is 2. The average molecular weight is 913 g/mol. The van der Waals surface area contributed by atoms with Gasteiger partial charge in [0.2, 0.25) is 5.78 Å². The van der Waals surface area contributed by atoms with E-state index in [2.05, 4.69) is 24.9 Å². The molecule has 308 valence electrons. The number of nitrogens with one attached hydrogen (secondary N) is 1. The molecule has 0 bridgehead atoms. The van der Waals surface area contributed by atoms with E-state index in [4.69, 9.17) is 26.4 Å². The Morgan fingerprint density at radius 2 is 1.25 bits per heavy atom. The number of halogens is 1. The molecule has 3 aromatic heterocycles. The lowest BCUT2D eigenvalue weighted by Gasteiger charge is -2.11. The van der Waals surface area contributed by atoms with E-state index in [1.165, 1.54) is 12.8 Å². The Balaban J connectivity index is 0.000000200. The minimum absolute atomic E-state index is 0. The predicted molar refractivity (Wildman–Crippen MR) is 215 cm³/mol. The molecule has 0 amide bonds. The van der Waals surface area contributed by atoms with Crippen LogP contribution in [0.4, 0.5) is 11.6 Å². The molecular formula is C43H47IN9O6-. The van der Waals surface area contributed by atoms with E-state index < -0.39 is 11.9 Å². The Hall–Kier alpha value is -5.75. The highest BCUT2D eigenvalue weighted by atomic mass is 127. The third-order valence-corrected chi connectivity index (χ3v) is 10.6. The van der Waals surface area contributed by atoms with Gasteiger partial charge >= 0.3 is 0 Å². The van der Waals surface area contributed by atoms with Gasteiger partial charge in [-0.1, -0.05) is 60.7 Å². The molecular weight excluding hydrogens is 865 g/mol. The lowest BCUT2D eigenvalue weighted by molar-refractivity contribution is -0.134. The fraction of sp³-hybridized carbons (Fsp3) is 0.349. The molecule has 59 heavy (non-hydrogen) atoms. The van der Waals surface area contributed by atoms with Gasteiger partial charge in [0.15, 0.2) is 17.5 Å². The lowest BCUT2D eigenvalue weighted by atomic mass is 9.96. The summed E-state index contributed by atoms with van der Waals surface area (Å²) in [6.45, 7) is 1.08. The predicted octanol–water partition coefficient (Wildman–Crippen LogP) is 2.49. The van der Waals surface area contributed by atoms with Gasteiger partial charge in [0, 0.05) is 67.5 Å². The minimum atomic E-state index is -0.833. The van der Waals surface area contributed by atoms with Crippen LogP contribution in [0.1, 0.15) is 113 Å². The molecule has 2 unspecified atom stereocenters. The Morgan fingerprint density at radius 3 is 1.76 bits per heavy atom. The van der Waals surface area contributed by atoms with Gasteiger partial charge in [-0.05, 0) is 49.7 Å². The van der Waals surface area contributed by atoms with Crippen molar-refractivity contribution in [3.8, 4) is 11.6 Å². The minimum Gasteiger partial charge on any atom is -1.00 e. The molecule has 16 heteroatoms. The smallest absolute Gasteiger partial charge is 0.300 e. The number of carboxylic acid groups (broad SMARTS) is 1. The topological polar surface area (TPSA) is 273 Å². The van der Waals surface area contributed by atoms with Crippen molar-refractivity contribution < 1.29 is 53.1 Å². The number of fused-ring (bicyclic) bond motifs is 2. The molecule has 0 aliphatic heterocycles. The normalized spacial score (nSPS) is 17.2. The van der Waals surface area contributed by atoms with Gasteiger partial charge < -0.3 is 51.7 Å². The Kier molecular flexibility index (Phi) is 14.5. The average Bonchev–Trinajstić information content (AvgIpc) is 4.13. The summed E-state index contributed by atoms with van der Waals surface area (Å²) in [5, 5.41) is 7.42. The van der Waals surface area contributed by atoms with Crippen LogP contribution in [0.25, 0.3) is 11.6 Å².